The van der Waals surface area contributed by atoms with Crippen LogP contribution in [0, 0.1) is 5.92 Å². The van der Waals surface area contributed by atoms with E-state index in [4.69, 9.17) is 9.84 Å². The van der Waals surface area contributed by atoms with Gasteiger partial charge in [-0.15, -0.1) is 0 Å². The van der Waals surface area contributed by atoms with Gasteiger partial charge in [0, 0.05) is 17.5 Å². The van der Waals surface area contributed by atoms with E-state index in [2.05, 4.69) is 21.2 Å². The van der Waals surface area contributed by atoms with Gasteiger partial charge in [-0.2, -0.15) is 0 Å². The van der Waals surface area contributed by atoms with Gasteiger partial charge in [0.15, 0.2) is 6.04 Å². The second-order valence-corrected chi connectivity index (χ2v) is 5.61. The van der Waals surface area contributed by atoms with Crippen molar-refractivity contribution < 1.29 is 19.4 Å². The molecule has 1 amide bonds. The molecular weight excluding hydrogens is 338 g/mol. The average molecular weight is 358 g/mol. The fourth-order valence-electron chi connectivity index (χ4n) is 1.98. The summed E-state index contributed by atoms with van der Waals surface area (Å²) in [6.07, 6.45) is 1.19. The van der Waals surface area contributed by atoms with Gasteiger partial charge in [0.25, 0.3) is 0 Å². The highest BCUT2D eigenvalue weighted by molar-refractivity contribution is 9.10. The summed E-state index contributed by atoms with van der Waals surface area (Å²) in [6, 6.07) is 6.67. The molecule has 2 unspecified atom stereocenters. The van der Waals surface area contributed by atoms with Crippen molar-refractivity contribution in [1.29, 1.82) is 0 Å². The van der Waals surface area contributed by atoms with Crippen LogP contribution in [-0.4, -0.2) is 36.7 Å². The maximum Gasteiger partial charge on any atom is 0.328 e. The number of hydrogen-bond donors (Lipinski definition) is 2. The van der Waals surface area contributed by atoms with Gasteiger partial charge in [0.2, 0.25) is 5.91 Å². The van der Waals surface area contributed by atoms with Crippen LogP contribution in [0.15, 0.2) is 28.7 Å². The predicted molar refractivity (Wildman–Crippen MR) is 83.1 cm³/mol. The number of ether oxygens (including phenoxy) is 1. The SMILES string of the molecule is CCC(Cc1ccccc1Br)C(=O)NC(COC)C(=O)O. The molecule has 0 saturated heterocycles. The lowest BCUT2D eigenvalue weighted by Gasteiger charge is -2.19. The molecule has 0 aliphatic rings. The van der Waals surface area contributed by atoms with Crippen molar-refractivity contribution in [2.24, 2.45) is 5.92 Å². The van der Waals surface area contributed by atoms with Gasteiger partial charge in [-0.1, -0.05) is 41.1 Å². The summed E-state index contributed by atoms with van der Waals surface area (Å²) >= 11 is 3.46. The number of methoxy groups -OCH3 is 1. The zero-order chi connectivity index (χ0) is 15.8. The summed E-state index contributed by atoms with van der Waals surface area (Å²) in [6.45, 7) is 1.86. The summed E-state index contributed by atoms with van der Waals surface area (Å²) in [5.41, 5.74) is 1.03. The quantitative estimate of drug-likeness (QED) is 0.747. The molecule has 1 rings (SSSR count). The Kier molecular flexibility index (Phi) is 7.39. The first kappa shape index (κ1) is 17.7. The zero-order valence-corrected chi connectivity index (χ0v) is 13.7. The van der Waals surface area contributed by atoms with Gasteiger partial charge >= 0.3 is 5.97 Å². The molecule has 1 aromatic rings. The smallest absolute Gasteiger partial charge is 0.328 e. The molecule has 2 atom stereocenters. The number of carboxylic acids is 1. The highest BCUT2D eigenvalue weighted by Crippen LogP contribution is 2.21. The second kappa shape index (κ2) is 8.79. The van der Waals surface area contributed by atoms with E-state index in [1.54, 1.807) is 0 Å². The van der Waals surface area contributed by atoms with E-state index in [9.17, 15) is 9.59 Å². The molecule has 0 aliphatic carbocycles. The van der Waals surface area contributed by atoms with E-state index in [0.717, 1.165) is 10.0 Å². The second-order valence-electron chi connectivity index (χ2n) is 4.76. The summed E-state index contributed by atoms with van der Waals surface area (Å²) < 4.78 is 5.76. The Morgan fingerprint density at radius 1 is 1.38 bits per heavy atom. The first-order valence-corrected chi connectivity index (χ1v) is 7.54. The molecule has 0 heterocycles. The van der Waals surface area contributed by atoms with Crippen LogP contribution < -0.4 is 5.32 Å². The van der Waals surface area contributed by atoms with Crippen LogP contribution in [0.3, 0.4) is 0 Å². The Labute approximate surface area is 132 Å². The standard InChI is InChI=1S/C15H20BrNO4/c1-3-10(8-11-6-4-5-7-12(11)16)14(18)17-13(9-21-2)15(19)20/h4-7,10,13H,3,8-9H2,1-2H3,(H,17,18)(H,19,20). The lowest BCUT2D eigenvalue weighted by Crippen LogP contribution is -2.46. The van der Waals surface area contributed by atoms with Crippen LogP contribution in [0.2, 0.25) is 0 Å². The lowest BCUT2D eigenvalue weighted by molar-refractivity contribution is -0.144. The minimum absolute atomic E-state index is 0.0491. The summed E-state index contributed by atoms with van der Waals surface area (Å²) in [5, 5.41) is 11.6. The molecule has 0 bridgehead atoms. The van der Waals surface area contributed by atoms with E-state index in [1.807, 2.05) is 31.2 Å². The molecule has 0 saturated carbocycles. The summed E-state index contributed by atoms with van der Waals surface area (Å²) in [5.74, 6) is -1.64. The molecule has 0 fully saturated rings. The highest BCUT2D eigenvalue weighted by atomic mass is 79.9. The number of rotatable bonds is 8. The minimum Gasteiger partial charge on any atom is -0.480 e. The van der Waals surface area contributed by atoms with E-state index >= 15 is 0 Å². The van der Waals surface area contributed by atoms with Crippen molar-refractivity contribution in [2.75, 3.05) is 13.7 Å². The molecule has 0 aliphatic heterocycles. The average Bonchev–Trinajstić information content (AvgIpc) is 2.45. The van der Waals surface area contributed by atoms with Gasteiger partial charge in [-0.25, -0.2) is 4.79 Å². The maximum absolute atomic E-state index is 12.2. The summed E-state index contributed by atoms with van der Waals surface area (Å²) in [7, 11) is 1.40. The number of halogens is 1. The number of hydrogen-bond acceptors (Lipinski definition) is 3. The molecule has 116 valence electrons. The summed E-state index contributed by atoms with van der Waals surface area (Å²) in [4.78, 5) is 23.3. The zero-order valence-electron chi connectivity index (χ0n) is 12.1. The van der Waals surface area contributed by atoms with Gasteiger partial charge in [-0.3, -0.25) is 4.79 Å². The number of amides is 1. The third-order valence-electron chi connectivity index (χ3n) is 3.24. The number of carbonyl (C=O) groups excluding carboxylic acids is 1. The minimum atomic E-state index is -1.10. The van der Waals surface area contributed by atoms with Crippen molar-refractivity contribution in [1.82, 2.24) is 5.32 Å². The Morgan fingerprint density at radius 2 is 2.05 bits per heavy atom. The third kappa shape index (κ3) is 5.47. The van der Waals surface area contributed by atoms with Crippen LogP contribution >= 0.6 is 15.9 Å². The lowest BCUT2D eigenvalue weighted by atomic mass is 9.96. The van der Waals surface area contributed by atoms with E-state index < -0.39 is 12.0 Å². The van der Waals surface area contributed by atoms with Crippen molar-refractivity contribution >= 4 is 27.8 Å². The number of carbonyl (C=O) groups is 2. The normalized spacial score (nSPS) is 13.5. The monoisotopic (exact) mass is 357 g/mol. The predicted octanol–water partition coefficient (Wildman–Crippen LogP) is 2.23. The Bertz CT molecular complexity index is 492. The molecule has 0 radical (unpaired) electrons. The number of nitrogens with one attached hydrogen (secondary N) is 1. The van der Waals surface area contributed by atoms with Crippen molar-refractivity contribution in [2.45, 2.75) is 25.8 Å². The fraction of sp³-hybridized carbons (Fsp3) is 0.467. The van der Waals surface area contributed by atoms with Crippen molar-refractivity contribution in [3.05, 3.63) is 34.3 Å². The first-order valence-electron chi connectivity index (χ1n) is 6.75. The van der Waals surface area contributed by atoms with Gasteiger partial charge < -0.3 is 15.2 Å². The number of benzene rings is 1. The van der Waals surface area contributed by atoms with Crippen LogP contribution in [0.25, 0.3) is 0 Å². The van der Waals surface area contributed by atoms with Crippen LogP contribution in [0.5, 0.6) is 0 Å². The largest absolute Gasteiger partial charge is 0.480 e. The van der Waals surface area contributed by atoms with Crippen molar-refractivity contribution in [3.8, 4) is 0 Å². The van der Waals surface area contributed by atoms with Crippen LogP contribution in [0.4, 0.5) is 0 Å². The maximum atomic E-state index is 12.2. The van der Waals surface area contributed by atoms with E-state index in [1.165, 1.54) is 7.11 Å². The molecule has 1 aromatic carbocycles. The Balaban J connectivity index is 2.73. The van der Waals surface area contributed by atoms with Gasteiger partial charge in [0.1, 0.15) is 0 Å². The van der Waals surface area contributed by atoms with E-state index in [0.29, 0.717) is 12.8 Å². The van der Waals surface area contributed by atoms with Gasteiger partial charge in [0.05, 0.1) is 6.61 Å². The Hall–Kier alpha value is -1.40. The highest BCUT2D eigenvalue weighted by Gasteiger charge is 2.24. The van der Waals surface area contributed by atoms with Crippen LogP contribution in [0.1, 0.15) is 18.9 Å². The fourth-order valence-corrected chi connectivity index (χ4v) is 2.43. The third-order valence-corrected chi connectivity index (χ3v) is 4.01. The van der Waals surface area contributed by atoms with E-state index in [-0.39, 0.29) is 18.4 Å². The Morgan fingerprint density at radius 3 is 2.57 bits per heavy atom. The van der Waals surface area contributed by atoms with Crippen LogP contribution in [-0.2, 0) is 20.7 Å². The molecular formula is C15H20BrNO4. The number of carboxylic acid groups (broad SMARTS) is 1. The molecule has 0 spiro atoms. The topological polar surface area (TPSA) is 75.6 Å². The molecule has 2 N–H and O–H groups in total. The van der Waals surface area contributed by atoms with Gasteiger partial charge in [-0.05, 0) is 24.5 Å². The van der Waals surface area contributed by atoms with Crippen molar-refractivity contribution in [3.63, 3.8) is 0 Å². The molecule has 5 nitrogen and oxygen atoms in total. The number of aliphatic carboxylic acids is 1. The molecule has 6 heteroatoms. The molecule has 21 heavy (non-hydrogen) atoms. The molecule has 0 aromatic heterocycles. The first-order chi connectivity index (χ1) is 9.99.